The number of hydrazone groups is 1. The van der Waals surface area contributed by atoms with Crippen molar-refractivity contribution in [1.29, 1.82) is 0 Å². The van der Waals surface area contributed by atoms with Gasteiger partial charge in [-0.1, -0.05) is 19.9 Å². The van der Waals surface area contributed by atoms with Gasteiger partial charge in [0, 0.05) is 13.0 Å². The lowest BCUT2D eigenvalue weighted by Crippen LogP contribution is -2.36. The van der Waals surface area contributed by atoms with Crippen molar-refractivity contribution in [2.75, 3.05) is 13.1 Å². The lowest BCUT2D eigenvalue weighted by molar-refractivity contribution is -0.133. The van der Waals surface area contributed by atoms with E-state index in [1.165, 1.54) is 0 Å². The molecule has 1 aromatic heterocycles. The summed E-state index contributed by atoms with van der Waals surface area (Å²) in [6.07, 6.45) is 2.19. The summed E-state index contributed by atoms with van der Waals surface area (Å²) in [7, 11) is 0. The van der Waals surface area contributed by atoms with Gasteiger partial charge in [-0.3, -0.25) is 9.59 Å². The van der Waals surface area contributed by atoms with E-state index >= 15 is 0 Å². The average molecular weight is 307 g/mol. The van der Waals surface area contributed by atoms with Crippen LogP contribution < -0.4 is 5.43 Å². The van der Waals surface area contributed by atoms with Gasteiger partial charge < -0.3 is 4.90 Å². The van der Waals surface area contributed by atoms with Gasteiger partial charge in [-0.2, -0.15) is 5.10 Å². The maximum atomic E-state index is 11.9. The summed E-state index contributed by atoms with van der Waals surface area (Å²) in [6, 6.07) is 3.97. The van der Waals surface area contributed by atoms with Crippen LogP contribution in [0.4, 0.5) is 0 Å². The van der Waals surface area contributed by atoms with Crippen LogP contribution in [0.15, 0.2) is 22.6 Å². The van der Waals surface area contributed by atoms with Crippen molar-refractivity contribution in [2.45, 2.75) is 33.1 Å². The van der Waals surface area contributed by atoms with Gasteiger partial charge in [0.1, 0.15) is 6.54 Å². The molecule has 0 spiro atoms. The van der Waals surface area contributed by atoms with Crippen LogP contribution in [0.25, 0.3) is 0 Å². The molecule has 1 saturated heterocycles. The van der Waals surface area contributed by atoms with Crippen molar-refractivity contribution in [3.8, 4) is 0 Å². The van der Waals surface area contributed by atoms with Gasteiger partial charge >= 0.3 is 0 Å². The molecule has 0 radical (unpaired) electrons. The first kappa shape index (κ1) is 15.7. The molecule has 2 heterocycles. The minimum Gasteiger partial charge on any atom is -0.333 e. The molecule has 1 aliphatic rings. The number of nitrogens with one attached hydrogen (secondary N) is 1. The Bertz CT molecular complexity index is 523. The first-order valence-electron chi connectivity index (χ1n) is 7.23. The van der Waals surface area contributed by atoms with Crippen LogP contribution >= 0.6 is 11.3 Å². The summed E-state index contributed by atoms with van der Waals surface area (Å²) in [4.78, 5) is 26.0. The second-order valence-corrected chi connectivity index (χ2v) is 6.54. The largest absolute Gasteiger partial charge is 0.333 e. The third-order valence-electron chi connectivity index (χ3n) is 3.23. The van der Waals surface area contributed by atoms with Gasteiger partial charge in [0.15, 0.2) is 0 Å². The van der Waals surface area contributed by atoms with Crippen LogP contribution in [0.1, 0.15) is 38.0 Å². The highest BCUT2D eigenvalue weighted by atomic mass is 32.1. The van der Waals surface area contributed by atoms with E-state index in [4.69, 9.17) is 0 Å². The number of rotatable bonds is 6. The average Bonchev–Trinajstić information content (AvgIpc) is 3.07. The summed E-state index contributed by atoms with van der Waals surface area (Å²) >= 11 is 1.61. The second-order valence-electron chi connectivity index (χ2n) is 5.59. The summed E-state index contributed by atoms with van der Waals surface area (Å²) < 4.78 is 0. The van der Waals surface area contributed by atoms with E-state index in [1.807, 2.05) is 17.5 Å². The number of nitrogens with zero attached hydrogens (tertiary/aromatic N) is 2. The zero-order chi connectivity index (χ0) is 15.2. The number of hydrogen-bond donors (Lipinski definition) is 1. The Morgan fingerprint density at radius 1 is 1.52 bits per heavy atom. The van der Waals surface area contributed by atoms with Crippen molar-refractivity contribution in [3.63, 3.8) is 0 Å². The van der Waals surface area contributed by atoms with Crippen LogP contribution in [0.2, 0.25) is 0 Å². The number of amides is 2. The molecule has 0 unspecified atom stereocenters. The van der Waals surface area contributed by atoms with Crippen molar-refractivity contribution in [1.82, 2.24) is 10.3 Å². The van der Waals surface area contributed by atoms with Gasteiger partial charge in [0.2, 0.25) is 5.91 Å². The molecule has 0 aliphatic carbocycles. The van der Waals surface area contributed by atoms with Crippen LogP contribution in [0, 0.1) is 5.92 Å². The van der Waals surface area contributed by atoms with Crippen LogP contribution in [0.5, 0.6) is 0 Å². The molecule has 1 fully saturated rings. The zero-order valence-corrected chi connectivity index (χ0v) is 13.3. The van der Waals surface area contributed by atoms with Crippen LogP contribution in [-0.4, -0.2) is 35.5 Å². The Labute approximate surface area is 129 Å². The molecule has 0 aromatic carbocycles. The topological polar surface area (TPSA) is 61.8 Å². The normalized spacial score (nSPS) is 15.9. The fourth-order valence-corrected chi connectivity index (χ4v) is 2.97. The molecule has 0 bridgehead atoms. The molecule has 6 heteroatoms. The van der Waals surface area contributed by atoms with Gasteiger partial charge in [-0.05, 0) is 30.2 Å². The summed E-state index contributed by atoms with van der Waals surface area (Å²) in [5.41, 5.74) is 3.48. The van der Waals surface area contributed by atoms with Crippen molar-refractivity contribution in [2.24, 2.45) is 11.0 Å². The monoisotopic (exact) mass is 307 g/mol. The Morgan fingerprint density at radius 2 is 2.33 bits per heavy atom. The molecule has 0 saturated carbocycles. The molecule has 114 valence electrons. The quantitative estimate of drug-likeness (QED) is 0.647. The van der Waals surface area contributed by atoms with Gasteiger partial charge in [0.05, 0.1) is 10.6 Å². The van der Waals surface area contributed by atoms with E-state index in [9.17, 15) is 9.59 Å². The first-order valence-corrected chi connectivity index (χ1v) is 8.11. The number of likely N-dealkylation sites (tertiary alicyclic amines) is 1. The highest BCUT2D eigenvalue weighted by molar-refractivity contribution is 7.12. The second kappa shape index (κ2) is 7.36. The van der Waals surface area contributed by atoms with E-state index in [-0.39, 0.29) is 18.4 Å². The van der Waals surface area contributed by atoms with Gasteiger partial charge in [0.25, 0.3) is 5.91 Å². The first-order chi connectivity index (χ1) is 10.1. The fraction of sp³-hybridized carbons (Fsp3) is 0.533. The summed E-state index contributed by atoms with van der Waals surface area (Å²) in [6.45, 7) is 5.00. The van der Waals surface area contributed by atoms with Crippen LogP contribution in [0.3, 0.4) is 0 Å². The summed E-state index contributed by atoms with van der Waals surface area (Å²) in [5, 5.41) is 6.26. The third-order valence-corrected chi connectivity index (χ3v) is 4.15. The third kappa shape index (κ3) is 4.67. The predicted molar refractivity (Wildman–Crippen MR) is 84.3 cm³/mol. The predicted octanol–water partition coefficient (Wildman–Crippen LogP) is 2.24. The maximum absolute atomic E-state index is 11.9. The minimum absolute atomic E-state index is 0.0507. The molecular formula is C15H21N3O2S. The Hall–Kier alpha value is -1.69. The molecule has 2 amide bonds. The molecule has 0 atom stereocenters. The lowest BCUT2D eigenvalue weighted by Gasteiger charge is -2.14. The molecule has 5 nitrogen and oxygen atoms in total. The Balaban J connectivity index is 1.95. The van der Waals surface area contributed by atoms with Crippen molar-refractivity contribution < 1.29 is 9.59 Å². The maximum Gasteiger partial charge on any atom is 0.259 e. The van der Waals surface area contributed by atoms with Gasteiger partial charge in [-0.25, -0.2) is 5.43 Å². The number of carbonyl (C=O) groups is 2. The highest BCUT2D eigenvalue weighted by Gasteiger charge is 2.22. The molecule has 1 N–H and O–H groups in total. The summed E-state index contributed by atoms with van der Waals surface area (Å²) in [5.74, 6) is 0.278. The minimum atomic E-state index is -0.233. The van der Waals surface area contributed by atoms with E-state index in [2.05, 4.69) is 24.4 Å². The Kier molecular flexibility index (Phi) is 5.50. The molecular weight excluding hydrogens is 286 g/mol. The molecule has 21 heavy (non-hydrogen) atoms. The van der Waals surface area contributed by atoms with E-state index in [0.717, 1.165) is 23.4 Å². The highest BCUT2D eigenvalue weighted by Crippen LogP contribution is 2.15. The molecule has 1 aliphatic heterocycles. The van der Waals surface area contributed by atoms with E-state index in [0.29, 0.717) is 18.9 Å². The SMILES string of the molecule is CC(C)CC(=NNC(=O)CN1CCCC1=O)c1cccs1. The lowest BCUT2D eigenvalue weighted by atomic mass is 10.1. The standard InChI is InChI=1S/C15H21N3O2S/c1-11(2)9-12(13-5-4-8-21-13)16-17-14(19)10-18-7-3-6-15(18)20/h4-5,8,11H,3,6-7,9-10H2,1-2H3,(H,17,19). The van der Waals surface area contributed by atoms with E-state index in [1.54, 1.807) is 16.2 Å². The number of hydrogen-bond acceptors (Lipinski definition) is 4. The van der Waals surface area contributed by atoms with Crippen molar-refractivity contribution in [3.05, 3.63) is 22.4 Å². The van der Waals surface area contributed by atoms with E-state index < -0.39 is 0 Å². The fourth-order valence-electron chi connectivity index (χ4n) is 2.24. The number of thiophene rings is 1. The van der Waals surface area contributed by atoms with Gasteiger partial charge in [-0.15, -0.1) is 11.3 Å². The molecule has 2 rings (SSSR count). The zero-order valence-electron chi connectivity index (χ0n) is 12.5. The van der Waals surface area contributed by atoms with Crippen LogP contribution in [-0.2, 0) is 9.59 Å². The van der Waals surface area contributed by atoms with Crippen molar-refractivity contribution >= 4 is 28.9 Å². The molecule has 1 aromatic rings. The smallest absolute Gasteiger partial charge is 0.259 e. The Morgan fingerprint density at radius 3 is 2.90 bits per heavy atom. The number of carbonyl (C=O) groups excluding carboxylic acids is 2.